The molecule has 130 valence electrons. The van der Waals surface area contributed by atoms with Gasteiger partial charge >= 0.3 is 0 Å². The van der Waals surface area contributed by atoms with Crippen LogP contribution >= 0.6 is 0 Å². The summed E-state index contributed by atoms with van der Waals surface area (Å²) in [6, 6.07) is 14.5. The molecular formula is C23H22N2O. The number of pyridine rings is 1. The Labute approximate surface area is 153 Å². The van der Waals surface area contributed by atoms with Crippen molar-refractivity contribution >= 4 is 22.5 Å². The van der Waals surface area contributed by atoms with Gasteiger partial charge in [-0.25, -0.2) is 0 Å². The number of nitrogens with zero attached hydrogens (tertiary/aromatic N) is 2. The maximum Gasteiger partial charge on any atom is 0.259 e. The van der Waals surface area contributed by atoms with Crippen molar-refractivity contribution in [3.05, 3.63) is 70.4 Å². The Bertz CT molecular complexity index is 1040. The highest BCUT2D eigenvalue weighted by Gasteiger charge is 2.29. The number of rotatable bonds is 1. The van der Waals surface area contributed by atoms with Gasteiger partial charge in [-0.1, -0.05) is 35.9 Å². The van der Waals surface area contributed by atoms with Gasteiger partial charge in [0.2, 0.25) is 0 Å². The van der Waals surface area contributed by atoms with Crippen molar-refractivity contribution in [3.63, 3.8) is 0 Å². The number of anilines is 1. The normalized spacial score (nSPS) is 15.8. The largest absolute Gasteiger partial charge is 0.308 e. The van der Waals surface area contributed by atoms with E-state index in [4.69, 9.17) is 4.98 Å². The highest BCUT2D eigenvalue weighted by molar-refractivity contribution is 6.15. The molecule has 1 aliphatic heterocycles. The molecule has 0 spiro atoms. The molecule has 0 saturated heterocycles. The van der Waals surface area contributed by atoms with Crippen LogP contribution in [0, 0.1) is 6.92 Å². The fourth-order valence-corrected chi connectivity index (χ4v) is 4.53. The van der Waals surface area contributed by atoms with Gasteiger partial charge in [-0.3, -0.25) is 9.78 Å². The lowest BCUT2D eigenvalue weighted by molar-refractivity contribution is 0.0986. The van der Waals surface area contributed by atoms with E-state index in [-0.39, 0.29) is 5.91 Å². The van der Waals surface area contributed by atoms with Gasteiger partial charge in [0.15, 0.2) is 0 Å². The lowest BCUT2D eigenvalue weighted by atomic mass is 9.96. The molecule has 3 aromatic rings. The van der Waals surface area contributed by atoms with Crippen LogP contribution in [-0.4, -0.2) is 17.4 Å². The summed E-state index contributed by atoms with van der Waals surface area (Å²) in [6.07, 6.45) is 5.11. The van der Waals surface area contributed by atoms with Gasteiger partial charge in [0.05, 0.1) is 11.1 Å². The quantitative estimate of drug-likeness (QED) is 0.646. The van der Waals surface area contributed by atoms with E-state index < -0.39 is 0 Å². The van der Waals surface area contributed by atoms with Gasteiger partial charge in [0, 0.05) is 23.3 Å². The number of aryl methyl sites for hydroxylation is 3. The molecule has 2 heterocycles. The zero-order valence-corrected chi connectivity index (χ0v) is 15.1. The predicted molar refractivity (Wildman–Crippen MR) is 105 cm³/mol. The Morgan fingerprint density at radius 2 is 1.92 bits per heavy atom. The second kappa shape index (κ2) is 5.94. The van der Waals surface area contributed by atoms with E-state index in [0.717, 1.165) is 66.5 Å². The van der Waals surface area contributed by atoms with Crippen molar-refractivity contribution in [3.8, 4) is 0 Å². The summed E-state index contributed by atoms with van der Waals surface area (Å²) >= 11 is 0. The molecule has 0 N–H and O–H groups in total. The lowest BCUT2D eigenvalue weighted by Gasteiger charge is -2.31. The first kappa shape index (κ1) is 15.6. The molecule has 0 radical (unpaired) electrons. The van der Waals surface area contributed by atoms with E-state index in [1.165, 1.54) is 16.7 Å². The van der Waals surface area contributed by atoms with Gasteiger partial charge in [-0.05, 0) is 62.3 Å². The summed E-state index contributed by atoms with van der Waals surface area (Å²) in [5.41, 5.74) is 7.75. The first-order valence-electron chi connectivity index (χ1n) is 9.54. The molecule has 2 aromatic carbocycles. The number of hydrogen-bond acceptors (Lipinski definition) is 2. The van der Waals surface area contributed by atoms with Gasteiger partial charge in [0.25, 0.3) is 5.91 Å². The Hall–Kier alpha value is -2.68. The van der Waals surface area contributed by atoms with E-state index in [9.17, 15) is 4.79 Å². The fraction of sp³-hybridized carbons (Fsp3) is 0.304. The Morgan fingerprint density at radius 1 is 1.04 bits per heavy atom. The van der Waals surface area contributed by atoms with Crippen LogP contribution in [0.3, 0.4) is 0 Å². The minimum atomic E-state index is 0.145. The van der Waals surface area contributed by atoms with Gasteiger partial charge < -0.3 is 4.90 Å². The van der Waals surface area contributed by atoms with Crippen molar-refractivity contribution in [2.75, 3.05) is 11.4 Å². The van der Waals surface area contributed by atoms with E-state index in [1.54, 1.807) is 0 Å². The molecule has 1 amide bonds. The zero-order valence-electron chi connectivity index (χ0n) is 15.1. The molecule has 2 aliphatic rings. The zero-order chi connectivity index (χ0) is 17.7. The third-order valence-electron chi connectivity index (χ3n) is 5.73. The highest BCUT2D eigenvalue weighted by Crippen LogP contribution is 2.34. The van der Waals surface area contributed by atoms with Crippen LogP contribution in [0.4, 0.5) is 5.69 Å². The first-order valence-corrected chi connectivity index (χ1v) is 9.54. The molecule has 26 heavy (non-hydrogen) atoms. The summed E-state index contributed by atoms with van der Waals surface area (Å²) in [6.45, 7) is 2.91. The monoisotopic (exact) mass is 342 g/mol. The van der Waals surface area contributed by atoms with Crippen LogP contribution < -0.4 is 4.90 Å². The molecule has 0 fully saturated rings. The molecule has 3 heteroatoms. The van der Waals surface area contributed by atoms with Crippen molar-refractivity contribution in [2.45, 2.75) is 39.0 Å². The molecule has 1 aromatic heterocycles. The number of amides is 1. The predicted octanol–water partition coefficient (Wildman–Crippen LogP) is 4.62. The third-order valence-corrected chi connectivity index (χ3v) is 5.73. The highest BCUT2D eigenvalue weighted by atomic mass is 16.2. The summed E-state index contributed by atoms with van der Waals surface area (Å²) in [5.74, 6) is 0.145. The molecule has 1 aliphatic carbocycles. The topological polar surface area (TPSA) is 33.2 Å². The summed E-state index contributed by atoms with van der Waals surface area (Å²) in [7, 11) is 0. The number of hydrogen-bond donors (Lipinski definition) is 0. The number of carbonyl (C=O) groups excluding carboxylic acids is 1. The minimum absolute atomic E-state index is 0.145. The Morgan fingerprint density at radius 3 is 2.85 bits per heavy atom. The van der Waals surface area contributed by atoms with Crippen molar-refractivity contribution in [1.29, 1.82) is 0 Å². The number of para-hydroxylation sites is 1. The molecule has 0 atom stereocenters. The Kier molecular flexibility index (Phi) is 3.56. The standard InChI is InChI=1S/C23H22N2O/c1-15-11-12-21-16(14-15)6-5-13-25(21)23(26)22-17-7-2-3-9-19(17)24-20-10-4-8-18(20)22/h2-3,7,9,11-12,14H,4-6,8,10,13H2,1H3. The van der Waals surface area contributed by atoms with E-state index in [2.05, 4.69) is 25.1 Å². The second-order valence-electron chi connectivity index (χ2n) is 7.48. The van der Waals surface area contributed by atoms with E-state index in [1.807, 2.05) is 29.2 Å². The van der Waals surface area contributed by atoms with Crippen LogP contribution in [0.1, 0.15) is 45.6 Å². The average molecular weight is 342 g/mol. The van der Waals surface area contributed by atoms with Crippen LogP contribution in [-0.2, 0) is 19.3 Å². The molecule has 0 bridgehead atoms. The molecular weight excluding hydrogens is 320 g/mol. The maximum absolute atomic E-state index is 13.7. The van der Waals surface area contributed by atoms with Crippen molar-refractivity contribution in [2.24, 2.45) is 0 Å². The van der Waals surface area contributed by atoms with Gasteiger partial charge in [0.1, 0.15) is 0 Å². The third kappa shape index (κ3) is 2.34. The minimum Gasteiger partial charge on any atom is -0.308 e. The molecule has 0 unspecified atom stereocenters. The first-order chi connectivity index (χ1) is 12.7. The van der Waals surface area contributed by atoms with E-state index in [0.29, 0.717) is 0 Å². The second-order valence-corrected chi connectivity index (χ2v) is 7.48. The summed E-state index contributed by atoms with van der Waals surface area (Å²) in [5, 5.41) is 0.998. The van der Waals surface area contributed by atoms with Gasteiger partial charge in [-0.2, -0.15) is 0 Å². The molecule has 0 saturated carbocycles. The SMILES string of the molecule is Cc1ccc2c(c1)CCCN2C(=O)c1c2c(nc3ccccc13)CCC2. The lowest BCUT2D eigenvalue weighted by Crippen LogP contribution is -2.36. The number of benzene rings is 2. The summed E-state index contributed by atoms with van der Waals surface area (Å²) < 4.78 is 0. The fourth-order valence-electron chi connectivity index (χ4n) is 4.53. The number of carbonyl (C=O) groups is 1. The van der Waals surface area contributed by atoms with Crippen LogP contribution in [0.25, 0.3) is 10.9 Å². The van der Waals surface area contributed by atoms with Crippen molar-refractivity contribution < 1.29 is 4.79 Å². The van der Waals surface area contributed by atoms with Crippen LogP contribution in [0.15, 0.2) is 42.5 Å². The average Bonchev–Trinajstić information content (AvgIpc) is 3.12. The number of aromatic nitrogens is 1. The Balaban J connectivity index is 1.69. The smallest absolute Gasteiger partial charge is 0.259 e. The van der Waals surface area contributed by atoms with Crippen molar-refractivity contribution in [1.82, 2.24) is 4.98 Å². The maximum atomic E-state index is 13.7. The van der Waals surface area contributed by atoms with E-state index >= 15 is 0 Å². The summed E-state index contributed by atoms with van der Waals surface area (Å²) in [4.78, 5) is 20.5. The van der Waals surface area contributed by atoms with Crippen LogP contribution in [0.2, 0.25) is 0 Å². The number of fused-ring (bicyclic) bond motifs is 3. The van der Waals surface area contributed by atoms with Crippen LogP contribution in [0.5, 0.6) is 0 Å². The molecule has 5 rings (SSSR count). The van der Waals surface area contributed by atoms with Gasteiger partial charge in [-0.15, -0.1) is 0 Å². The molecule has 3 nitrogen and oxygen atoms in total.